The molecular formula is C16H30N2O3. The molecule has 0 aromatic carbocycles. The molecule has 0 saturated heterocycles. The highest BCUT2D eigenvalue weighted by molar-refractivity contribution is 5.78. The van der Waals surface area contributed by atoms with Crippen molar-refractivity contribution in [3.05, 3.63) is 0 Å². The number of hydrogen-bond acceptors (Lipinski definition) is 4. The zero-order valence-corrected chi connectivity index (χ0v) is 13.6. The minimum atomic E-state index is -0.575. The third kappa shape index (κ3) is 3.96. The highest BCUT2D eigenvalue weighted by Crippen LogP contribution is 2.26. The van der Waals surface area contributed by atoms with Gasteiger partial charge in [0.1, 0.15) is 6.10 Å². The van der Waals surface area contributed by atoms with Crippen LogP contribution >= 0.6 is 0 Å². The molecule has 1 N–H and O–H groups in total. The SMILES string of the molecule is CO[C@@H]1CCC[C@@H](N(C)C(=O)CN(C)C2CCCC2)[C@H]1O. The Morgan fingerprint density at radius 1 is 1.14 bits per heavy atom. The second-order valence-electron chi connectivity index (χ2n) is 6.62. The van der Waals surface area contributed by atoms with Gasteiger partial charge in [-0.1, -0.05) is 12.8 Å². The molecule has 0 bridgehead atoms. The Hall–Kier alpha value is -0.650. The van der Waals surface area contributed by atoms with Gasteiger partial charge in [-0.15, -0.1) is 0 Å². The third-order valence-corrected chi connectivity index (χ3v) is 5.29. The molecule has 5 nitrogen and oxygen atoms in total. The summed E-state index contributed by atoms with van der Waals surface area (Å²) in [5, 5.41) is 10.4. The number of likely N-dealkylation sites (N-methyl/N-ethyl adjacent to an activating group) is 2. The van der Waals surface area contributed by atoms with E-state index in [0.717, 1.165) is 19.3 Å². The summed E-state index contributed by atoms with van der Waals surface area (Å²) in [4.78, 5) is 16.4. The highest BCUT2D eigenvalue weighted by atomic mass is 16.5. The van der Waals surface area contributed by atoms with Crippen molar-refractivity contribution in [1.82, 2.24) is 9.80 Å². The molecule has 2 fully saturated rings. The fourth-order valence-electron chi connectivity index (χ4n) is 3.78. The highest BCUT2D eigenvalue weighted by Gasteiger charge is 2.36. The summed E-state index contributed by atoms with van der Waals surface area (Å²) in [6.07, 6.45) is 6.95. The van der Waals surface area contributed by atoms with Crippen molar-refractivity contribution in [3.8, 4) is 0 Å². The molecule has 0 aliphatic heterocycles. The van der Waals surface area contributed by atoms with Crippen LogP contribution < -0.4 is 0 Å². The molecule has 0 unspecified atom stereocenters. The Balaban J connectivity index is 1.88. The monoisotopic (exact) mass is 298 g/mol. The van der Waals surface area contributed by atoms with Crippen LogP contribution in [-0.4, -0.2) is 72.9 Å². The Morgan fingerprint density at radius 3 is 2.43 bits per heavy atom. The summed E-state index contributed by atoms with van der Waals surface area (Å²) in [5.41, 5.74) is 0. The fourth-order valence-corrected chi connectivity index (χ4v) is 3.78. The molecule has 3 atom stereocenters. The minimum Gasteiger partial charge on any atom is -0.388 e. The van der Waals surface area contributed by atoms with E-state index < -0.39 is 6.10 Å². The predicted octanol–water partition coefficient (Wildman–Crippen LogP) is 1.25. The summed E-state index contributed by atoms with van der Waals surface area (Å²) >= 11 is 0. The smallest absolute Gasteiger partial charge is 0.236 e. The van der Waals surface area contributed by atoms with Gasteiger partial charge in [-0.05, 0) is 39.2 Å². The van der Waals surface area contributed by atoms with E-state index in [-0.39, 0.29) is 18.1 Å². The second-order valence-corrected chi connectivity index (χ2v) is 6.62. The molecule has 0 aromatic rings. The molecule has 122 valence electrons. The molecule has 2 aliphatic carbocycles. The van der Waals surface area contributed by atoms with Crippen LogP contribution in [0.5, 0.6) is 0 Å². The molecule has 2 saturated carbocycles. The van der Waals surface area contributed by atoms with E-state index >= 15 is 0 Å². The quantitative estimate of drug-likeness (QED) is 0.830. The van der Waals surface area contributed by atoms with Crippen molar-refractivity contribution in [2.45, 2.75) is 69.2 Å². The number of carbonyl (C=O) groups excluding carboxylic acids is 1. The lowest BCUT2D eigenvalue weighted by Crippen LogP contribution is -2.54. The molecule has 1 amide bonds. The molecule has 0 heterocycles. The Bertz CT molecular complexity index is 344. The lowest BCUT2D eigenvalue weighted by atomic mass is 9.89. The standard InChI is InChI=1S/C16H30N2O3/c1-17(12-7-4-5-8-12)11-15(19)18(2)13-9-6-10-14(21-3)16(13)20/h12-14,16,20H,4-11H2,1-3H3/t13-,14-,16-/m1/s1. The average molecular weight is 298 g/mol. The van der Waals surface area contributed by atoms with Crippen LogP contribution in [0.1, 0.15) is 44.9 Å². The van der Waals surface area contributed by atoms with Crippen LogP contribution in [0.3, 0.4) is 0 Å². The Morgan fingerprint density at radius 2 is 1.81 bits per heavy atom. The maximum absolute atomic E-state index is 12.5. The third-order valence-electron chi connectivity index (χ3n) is 5.29. The number of amides is 1. The van der Waals surface area contributed by atoms with Crippen molar-refractivity contribution >= 4 is 5.91 Å². The topological polar surface area (TPSA) is 53.0 Å². The van der Waals surface area contributed by atoms with Crippen LogP contribution in [0.25, 0.3) is 0 Å². The largest absolute Gasteiger partial charge is 0.388 e. The van der Waals surface area contributed by atoms with Gasteiger partial charge in [-0.2, -0.15) is 0 Å². The molecular weight excluding hydrogens is 268 g/mol. The van der Waals surface area contributed by atoms with Crippen molar-refractivity contribution in [3.63, 3.8) is 0 Å². The van der Waals surface area contributed by atoms with E-state index in [0.29, 0.717) is 12.6 Å². The molecule has 2 aliphatic rings. The van der Waals surface area contributed by atoms with Gasteiger partial charge in [0.05, 0.1) is 18.7 Å². The van der Waals surface area contributed by atoms with E-state index in [2.05, 4.69) is 4.90 Å². The minimum absolute atomic E-state index is 0.102. The van der Waals surface area contributed by atoms with E-state index in [4.69, 9.17) is 4.74 Å². The van der Waals surface area contributed by atoms with Crippen molar-refractivity contribution in [1.29, 1.82) is 0 Å². The molecule has 2 rings (SSSR count). The van der Waals surface area contributed by atoms with Gasteiger partial charge in [0, 0.05) is 20.2 Å². The van der Waals surface area contributed by atoms with Gasteiger partial charge < -0.3 is 14.7 Å². The van der Waals surface area contributed by atoms with Crippen LogP contribution in [0, 0.1) is 0 Å². The Labute approximate surface area is 128 Å². The summed E-state index contributed by atoms with van der Waals surface area (Å²) in [7, 11) is 5.49. The first-order valence-corrected chi connectivity index (χ1v) is 8.21. The maximum atomic E-state index is 12.5. The predicted molar refractivity (Wildman–Crippen MR) is 82.1 cm³/mol. The van der Waals surface area contributed by atoms with Gasteiger partial charge in [-0.25, -0.2) is 0 Å². The first-order chi connectivity index (χ1) is 10.0. The van der Waals surface area contributed by atoms with Crippen LogP contribution in [0.2, 0.25) is 0 Å². The van der Waals surface area contributed by atoms with Crippen LogP contribution in [0.15, 0.2) is 0 Å². The molecule has 5 heteroatoms. The summed E-state index contributed by atoms with van der Waals surface area (Å²) in [5.74, 6) is 0.102. The first-order valence-electron chi connectivity index (χ1n) is 8.21. The molecule has 0 aromatic heterocycles. The number of aliphatic hydroxyl groups excluding tert-OH is 1. The zero-order valence-electron chi connectivity index (χ0n) is 13.6. The number of aliphatic hydroxyl groups is 1. The number of nitrogens with zero attached hydrogens (tertiary/aromatic N) is 2. The van der Waals surface area contributed by atoms with E-state index in [9.17, 15) is 9.90 Å². The summed E-state index contributed by atoms with van der Waals surface area (Å²) in [6, 6.07) is 0.429. The van der Waals surface area contributed by atoms with Crippen molar-refractivity contribution < 1.29 is 14.6 Å². The van der Waals surface area contributed by atoms with Crippen molar-refractivity contribution in [2.75, 3.05) is 27.7 Å². The number of rotatable bonds is 5. The van der Waals surface area contributed by atoms with E-state index in [1.807, 2.05) is 14.1 Å². The molecule has 0 radical (unpaired) electrons. The van der Waals surface area contributed by atoms with Crippen LogP contribution in [-0.2, 0) is 9.53 Å². The average Bonchev–Trinajstić information content (AvgIpc) is 3.01. The number of hydrogen-bond donors (Lipinski definition) is 1. The number of carbonyl (C=O) groups is 1. The Kier molecular flexibility index (Phi) is 6.02. The van der Waals surface area contributed by atoms with Gasteiger partial charge in [0.15, 0.2) is 0 Å². The molecule has 0 spiro atoms. The summed E-state index contributed by atoms with van der Waals surface area (Å²) in [6.45, 7) is 0.446. The maximum Gasteiger partial charge on any atom is 0.236 e. The zero-order chi connectivity index (χ0) is 15.4. The first kappa shape index (κ1) is 16.7. The summed E-state index contributed by atoms with van der Waals surface area (Å²) < 4.78 is 5.33. The van der Waals surface area contributed by atoms with Gasteiger partial charge >= 0.3 is 0 Å². The van der Waals surface area contributed by atoms with E-state index in [1.54, 1.807) is 12.0 Å². The fraction of sp³-hybridized carbons (Fsp3) is 0.938. The lowest BCUT2D eigenvalue weighted by molar-refractivity contribution is -0.141. The van der Waals surface area contributed by atoms with E-state index in [1.165, 1.54) is 25.7 Å². The molecule has 21 heavy (non-hydrogen) atoms. The van der Waals surface area contributed by atoms with Crippen LogP contribution in [0.4, 0.5) is 0 Å². The normalized spacial score (nSPS) is 30.8. The number of ether oxygens (including phenoxy) is 1. The van der Waals surface area contributed by atoms with Crippen molar-refractivity contribution in [2.24, 2.45) is 0 Å². The van der Waals surface area contributed by atoms with Gasteiger partial charge in [0.25, 0.3) is 0 Å². The number of methoxy groups -OCH3 is 1. The second kappa shape index (κ2) is 7.56. The van der Waals surface area contributed by atoms with Gasteiger partial charge in [-0.3, -0.25) is 9.69 Å². The lowest BCUT2D eigenvalue weighted by Gasteiger charge is -2.39. The van der Waals surface area contributed by atoms with Gasteiger partial charge in [0.2, 0.25) is 5.91 Å².